The van der Waals surface area contributed by atoms with Crippen molar-refractivity contribution in [3.63, 3.8) is 0 Å². The van der Waals surface area contributed by atoms with E-state index in [1.54, 1.807) is 0 Å². The number of carbonyl (C=O) groups is 1. The third kappa shape index (κ3) is 4.61. The number of hydrogen-bond acceptors (Lipinski definition) is 6. The van der Waals surface area contributed by atoms with Crippen LogP contribution in [0.2, 0.25) is 0 Å². The molecule has 7 nitrogen and oxygen atoms in total. The highest BCUT2D eigenvalue weighted by Gasteiger charge is 2.09. The number of nitrogens with zero attached hydrogens (tertiary/aromatic N) is 2. The van der Waals surface area contributed by atoms with Crippen LogP contribution in [0.3, 0.4) is 0 Å². The predicted molar refractivity (Wildman–Crippen MR) is 84.9 cm³/mol. The lowest BCUT2D eigenvalue weighted by molar-refractivity contribution is -0.384. The molecule has 2 rings (SSSR count). The second kappa shape index (κ2) is 7.62. The Morgan fingerprint density at radius 1 is 1.36 bits per heavy atom. The summed E-state index contributed by atoms with van der Waals surface area (Å²) in [6.45, 7) is 0.621. The first-order valence-electron chi connectivity index (χ1n) is 6.76. The zero-order valence-corrected chi connectivity index (χ0v) is 12.6. The van der Waals surface area contributed by atoms with Crippen molar-refractivity contribution in [2.24, 2.45) is 5.73 Å². The summed E-state index contributed by atoms with van der Waals surface area (Å²) in [6.07, 6.45) is 1.88. The van der Waals surface area contributed by atoms with Gasteiger partial charge in [-0.05, 0) is 25.1 Å². The zero-order chi connectivity index (χ0) is 15.9. The van der Waals surface area contributed by atoms with Crippen LogP contribution in [0.25, 0.3) is 0 Å². The summed E-state index contributed by atoms with van der Waals surface area (Å²) in [7, 11) is 0. The molecule has 0 radical (unpaired) electrons. The zero-order valence-electron chi connectivity index (χ0n) is 11.8. The third-order valence-corrected chi connectivity index (χ3v) is 3.86. The molecular formula is C14H16N4O3S. The van der Waals surface area contributed by atoms with E-state index >= 15 is 0 Å². The maximum absolute atomic E-state index is 11.9. The van der Waals surface area contributed by atoms with Gasteiger partial charge >= 0.3 is 0 Å². The summed E-state index contributed by atoms with van der Waals surface area (Å²) in [6, 6.07) is 5.71. The van der Waals surface area contributed by atoms with Crippen molar-refractivity contribution in [1.82, 2.24) is 4.98 Å². The van der Waals surface area contributed by atoms with Crippen LogP contribution in [0.5, 0.6) is 0 Å². The Kier molecular flexibility index (Phi) is 5.56. The molecule has 0 aliphatic rings. The molecule has 1 aromatic heterocycles. The number of amides is 1. The number of aromatic nitrogens is 1. The average molecular weight is 320 g/mol. The molecule has 3 N–H and O–H groups in total. The standard InChI is InChI=1S/C14H16N4O3S/c15-7-1-2-14-17-11(9-22-14)8-13(19)16-10-3-5-12(6-4-10)18(20)21/h3-6,9H,1-2,7-8,15H2,(H,16,19). The van der Waals surface area contributed by atoms with Gasteiger partial charge in [-0.3, -0.25) is 14.9 Å². The summed E-state index contributed by atoms with van der Waals surface area (Å²) in [5.41, 5.74) is 6.68. The Hall–Kier alpha value is -2.32. The summed E-state index contributed by atoms with van der Waals surface area (Å²) < 4.78 is 0. The first-order valence-corrected chi connectivity index (χ1v) is 7.64. The number of benzene rings is 1. The number of aryl methyl sites for hydroxylation is 1. The van der Waals surface area contributed by atoms with Crippen LogP contribution in [0.4, 0.5) is 11.4 Å². The van der Waals surface area contributed by atoms with E-state index in [4.69, 9.17) is 5.73 Å². The molecule has 1 amide bonds. The van der Waals surface area contributed by atoms with E-state index in [2.05, 4.69) is 10.3 Å². The van der Waals surface area contributed by atoms with Crippen LogP contribution in [-0.4, -0.2) is 22.4 Å². The Balaban J connectivity index is 1.89. The van der Waals surface area contributed by atoms with Gasteiger partial charge in [-0.1, -0.05) is 0 Å². The minimum atomic E-state index is -0.482. The lowest BCUT2D eigenvalue weighted by atomic mass is 10.2. The molecule has 0 unspecified atom stereocenters. The fraction of sp³-hybridized carbons (Fsp3) is 0.286. The number of anilines is 1. The minimum Gasteiger partial charge on any atom is -0.330 e. The van der Waals surface area contributed by atoms with Crippen LogP contribution >= 0.6 is 11.3 Å². The van der Waals surface area contributed by atoms with Gasteiger partial charge in [0.1, 0.15) is 0 Å². The van der Waals surface area contributed by atoms with Crippen LogP contribution in [0, 0.1) is 10.1 Å². The second-order valence-corrected chi connectivity index (χ2v) is 5.60. The van der Waals surface area contributed by atoms with Crippen LogP contribution in [0.15, 0.2) is 29.6 Å². The fourth-order valence-corrected chi connectivity index (χ4v) is 2.67. The van der Waals surface area contributed by atoms with Crippen LogP contribution in [0.1, 0.15) is 17.1 Å². The van der Waals surface area contributed by atoms with E-state index in [9.17, 15) is 14.9 Å². The van der Waals surface area contributed by atoms with Gasteiger partial charge in [0, 0.05) is 29.6 Å². The van der Waals surface area contributed by atoms with Gasteiger partial charge in [-0.2, -0.15) is 0 Å². The third-order valence-electron chi connectivity index (χ3n) is 2.90. The van der Waals surface area contributed by atoms with Crippen molar-refractivity contribution in [2.45, 2.75) is 19.3 Å². The smallest absolute Gasteiger partial charge is 0.269 e. The van der Waals surface area contributed by atoms with E-state index < -0.39 is 4.92 Å². The Morgan fingerprint density at radius 3 is 2.73 bits per heavy atom. The molecule has 0 atom stereocenters. The van der Waals surface area contributed by atoms with Crippen LogP contribution in [-0.2, 0) is 17.6 Å². The molecular weight excluding hydrogens is 304 g/mol. The molecule has 0 aliphatic carbocycles. The number of carbonyl (C=O) groups excluding carboxylic acids is 1. The highest BCUT2D eigenvalue weighted by atomic mass is 32.1. The molecule has 116 valence electrons. The number of rotatable bonds is 7. The molecule has 0 saturated carbocycles. The van der Waals surface area contributed by atoms with Gasteiger partial charge in [0.15, 0.2) is 0 Å². The summed E-state index contributed by atoms with van der Waals surface area (Å²) in [5.74, 6) is -0.204. The first kappa shape index (κ1) is 16.1. The number of hydrogen-bond donors (Lipinski definition) is 2. The lowest BCUT2D eigenvalue weighted by Crippen LogP contribution is -2.14. The molecule has 0 spiro atoms. The SMILES string of the molecule is NCCCc1nc(CC(=O)Nc2ccc([N+](=O)[O-])cc2)cs1. The van der Waals surface area contributed by atoms with Gasteiger partial charge in [0.25, 0.3) is 5.69 Å². The minimum absolute atomic E-state index is 0.0120. The van der Waals surface area contributed by atoms with E-state index in [1.165, 1.54) is 35.6 Å². The first-order chi connectivity index (χ1) is 10.6. The molecule has 0 fully saturated rings. The Bertz CT molecular complexity index is 654. The molecule has 0 saturated heterocycles. The van der Waals surface area contributed by atoms with E-state index in [1.807, 2.05) is 5.38 Å². The van der Waals surface area contributed by atoms with Gasteiger partial charge in [0.2, 0.25) is 5.91 Å². The van der Waals surface area contributed by atoms with Crippen molar-refractivity contribution in [3.05, 3.63) is 50.5 Å². The molecule has 1 heterocycles. The van der Waals surface area contributed by atoms with E-state index in [0.29, 0.717) is 12.2 Å². The number of nitrogens with one attached hydrogen (secondary N) is 1. The van der Waals surface area contributed by atoms with Crippen molar-refractivity contribution in [3.8, 4) is 0 Å². The highest BCUT2D eigenvalue weighted by Crippen LogP contribution is 2.16. The number of nitro benzene ring substituents is 1. The van der Waals surface area contributed by atoms with Gasteiger partial charge < -0.3 is 11.1 Å². The highest BCUT2D eigenvalue weighted by molar-refractivity contribution is 7.09. The van der Waals surface area contributed by atoms with Crippen molar-refractivity contribution >= 4 is 28.6 Å². The fourth-order valence-electron chi connectivity index (χ4n) is 1.83. The molecule has 0 aliphatic heterocycles. The van der Waals surface area contributed by atoms with Crippen LogP contribution < -0.4 is 11.1 Å². The van der Waals surface area contributed by atoms with E-state index in [-0.39, 0.29) is 18.0 Å². The average Bonchev–Trinajstić information content (AvgIpc) is 2.93. The quantitative estimate of drug-likeness (QED) is 0.599. The topological polar surface area (TPSA) is 111 Å². The largest absolute Gasteiger partial charge is 0.330 e. The van der Waals surface area contributed by atoms with Gasteiger partial charge in [-0.15, -0.1) is 11.3 Å². The molecule has 0 bridgehead atoms. The summed E-state index contributed by atoms with van der Waals surface area (Å²) >= 11 is 1.52. The van der Waals surface area contributed by atoms with E-state index in [0.717, 1.165) is 23.5 Å². The normalized spacial score (nSPS) is 10.4. The lowest BCUT2D eigenvalue weighted by Gasteiger charge is -2.03. The Morgan fingerprint density at radius 2 is 2.09 bits per heavy atom. The van der Waals surface area contributed by atoms with Gasteiger partial charge in [-0.25, -0.2) is 4.98 Å². The number of nitrogens with two attached hydrogens (primary N) is 1. The molecule has 22 heavy (non-hydrogen) atoms. The van der Waals surface area contributed by atoms with Crippen molar-refractivity contribution in [1.29, 1.82) is 0 Å². The van der Waals surface area contributed by atoms with Gasteiger partial charge in [0.05, 0.1) is 22.0 Å². The van der Waals surface area contributed by atoms with Crippen molar-refractivity contribution in [2.75, 3.05) is 11.9 Å². The Labute approximate surface area is 131 Å². The number of thiazole rings is 1. The number of non-ortho nitro benzene ring substituents is 1. The molecule has 8 heteroatoms. The maximum atomic E-state index is 11.9. The number of nitro groups is 1. The summed E-state index contributed by atoms with van der Waals surface area (Å²) in [5, 5.41) is 16.1. The molecule has 1 aromatic carbocycles. The second-order valence-electron chi connectivity index (χ2n) is 4.65. The predicted octanol–water partition coefficient (Wildman–Crippen LogP) is 2.12. The molecule has 2 aromatic rings. The van der Waals surface area contributed by atoms with Crippen molar-refractivity contribution < 1.29 is 9.72 Å². The summed E-state index contributed by atoms with van der Waals surface area (Å²) in [4.78, 5) is 26.4. The monoisotopic (exact) mass is 320 g/mol. The maximum Gasteiger partial charge on any atom is 0.269 e.